The standard InChI is InChI=1S/C19H18N2O4/c1-25-19(24)17(12-22)21-18(23)15-8-4-13(5-9-15)2-3-14-6-10-16(20)11-7-14/h4-11,17,22H,12,20H2,1H3,(H,21,23). The molecule has 0 bridgehead atoms. The second-order valence-corrected chi connectivity index (χ2v) is 5.18. The monoisotopic (exact) mass is 338 g/mol. The molecular formula is C19H18N2O4. The third-order valence-electron chi connectivity index (χ3n) is 3.38. The summed E-state index contributed by atoms with van der Waals surface area (Å²) in [4.78, 5) is 23.5. The Morgan fingerprint density at radius 3 is 2.08 bits per heavy atom. The summed E-state index contributed by atoms with van der Waals surface area (Å²) < 4.78 is 4.50. The fourth-order valence-corrected chi connectivity index (χ4v) is 1.98. The smallest absolute Gasteiger partial charge is 0.330 e. The average Bonchev–Trinajstić information content (AvgIpc) is 2.65. The van der Waals surface area contributed by atoms with Crippen LogP contribution in [-0.2, 0) is 9.53 Å². The molecule has 0 spiro atoms. The molecule has 2 rings (SSSR count). The van der Waals surface area contributed by atoms with Crippen LogP contribution in [0.2, 0.25) is 0 Å². The number of hydrogen-bond donors (Lipinski definition) is 3. The number of benzene rings is 2. The lowest BCUT2D eigenvalue weighted by Gasteiger charge is -2.13. The van der Waals surface area contributed by atoms with Crippen LogP contribution in [0.25, 0.3) is 0 Å². The number of nitrogen functional groups attached to an aromatic ring is 1. The molecule has 1 atom stereocenters. The molecule has 1 amide bonds. The first-order chi connectivity index (χ1) is 12.0. The van der Waals surface area contributed by atoms with E-state index in [-0.39, 0.29) is 0 Å². The Hall–Kier alpha value is -3.30. The van der Waals surface area contributed by atoms with Crippen molar-refractivity contribution in [2.45, 2.75) is 6.04 Å². The molecule has 128 valence electrons. The van der Waals surface area contributed by atoms with E-state index in [0.717, 1.165) is 11.1 Å². The number of nitrogens with one attached hydrogen (secondary N) is 1. The lowest BCUT2D eigenvalue weighted by atomic mass is 10.1. The molecule has 6 nitrogen and oxygen atoms in total. The number of rotatable bonds is 4. The molecule has 0 saturated carbocycles. The van der Waals surface area contributed by atoms with E-state index >= 15 is 0 Å². The quantitative estimate of drug-likeness (QED) is 0.437. The Kier molecular flexibility index (Phi) is 6.15. The van der Waals surface area contributed by atoms with Gasteiger partial charge in [0.05, 0.1) is 13.7 Å². The second-order valence-electron chi connectivity index (χ2n) is 5.18. The van der Waals surface area contributed by atoms with Crippen molar-refractivity contribution in [3.05, 3.63) is 65.2 Å². The van der Waals surface area contributed by atoms with Gasteiger partial charge in [-0.3, -0.25) is 4.79 Å². The molecule has 0 aromatic heterocycles. The first-order valence-corrected chi connectivity index (χ1v) is 7.50. The van der Waals surface area contributed by atoms with Crippen molar-refractivity contribution in [1.82, 2.24) is 5.32 Å². The Morgan fingerprint density at radius 1 is 1.08 bits per heavy atom. The Bertz CT molecular complexity index is 802. The van der Waals surface area contributed by atoms with Crippen molar-refractivity contribution < 1.29 is 19.4 Å². The van der Waals surface area contributed by atoms with Gasteiger partial charge in [-0.15, -0.1) is 0 Å². The summed E-state index contributed by atoms with van der Waals surface area (Å²) >= 11 is 0. The average molecular weight is 338 g/mol. The summed E-state index contributed by atoms with van der Waals surface area (Å²) in [5.41, 5.74) is 8.21. The van der Waals surface area contributed by atoms with Crippen molar-refractivity contribution >= 4 is 17.6 Å². The summed E-state index contributed by atoms with van der Waals surface area (Å²) in [6.07, 6.45) is 0. The predicted molar refractivity (Wildman–Crippen MR) is 93.6 cm³/mol. The number of amides is 1. The minimum absolute atomic E-state index is 0.348. The van der Waals surface area contributed by atoms with Crippen LogP contribution in [0.15, 0.2) is 48.5 Å². The summed E-state index contributed by atoms with van der Waals surface area (Å²) in [7, 11) is 1.19. The van der Waals surface area contributed by atoms with Gasteiger partial charge >= 0.3 is 5.97 Å². The number of aliphatic hydroxyl groups is 1. The molecule has 0 heterocycles. The van der Waals surface area contributed by atoms with Crippen molar-refractivity contribution in [2.75, 3.05) is 19.5 Å². The molecule has 0 aliphatic rings. The Balaban J connectivity index is 2.05. The number of aliphatic hydroxyl groups excluding tert-OH is 1. The molecule has 2 aromatic carbocycles. The maximum absolute atomic E-state index is 12.1. The molecule has 1 unspecified atom stereocenters. The summed E-state index contributed by atoms with van der Waals surface area (Å²) in [6, 6.07) is 12.7. The fraction of sp³-hybridized carbons (Fsp3) is 0.158. The van der Waals surface area contributed by atoms with Gasteiger partial charge in [-0.2, -0.15) is 0 Å². The lowest BCUT2D eigenvalue weighted by Crippen LogP contribution is -2.44. The highest BCUT2D eigenvalue weighted by Crippen LogP contribution is 2.06. The largest absolute Gasteiger partial charge is 0.467 e. The van der Waals surface area contributed by atoms with E-state index < -0.39 is 24.5 Å². The normalized spacial score (nSPS) is 11.0. The van der Waals surface area contributed by atoms with Gasteiger partial charge in [0.15, 0.2) is 6.04 Å². The number of methoxy groups -OCH3 is 1. The molecule has 0 radical (unpaired) electrons. The molecule has 0 aliphatic heterocycles. The first kappa shape index (κ1) is 18.0. The van der Waals surface area contributed by atoms with Crippen LogP contribution in [0, 0.1) is 11.8 Å². The van der Waals surface area contributed by atoms with Gasteiger partial charge in [0.2, 0.25) is 0 Å². The molecular weight excluding hydrogens is 320 g/mol. The summed E-state index contributed by atoms with van der Waals surface area (Å²) in [6.45, 7) is -0.538. The maximum atomic E-state index is 12.1. The van der Waals surface area contributed by atoms with Crippen LogP contribution < -0.4 is 11.1 Å². The number of esters is 1. The van der Waals surface area contributed by atoms with E-state index in [1.54, 1.807) is 36.4 Å². The molecule has 0 aliphatic carbocycles. The topological polar surface area (TPSA) is 102 Å². The van der Waals surface area contributed by atoms with E-state index in [0.29, 0.717) is 11.3 Å². The molecule has 6 heteroatoms. The van der Waals surface area contributed by atoms with Gasteiger partial charge in [-0.1, -0.05) is 11.8 Å². The minimum atomic E-state index is -1.09. The van der Waals surface area contributed by atoms with Crippen LogP contribution in [-0.4, -0.2) is 36.7 Å². The zero-order valence-corrected chi connectivity index (χ0v) is 13.7. The van der Waals surface area contributed by atoms with Crippen LogP contribution in [0.3, 0.4) is 0 Å². The van der Waals surface area contributed by atoms with Crippen molar-refractivity contribution in [2.24, 2.45) is 0 Å². The fourth-order valence-electron chi connectivity index (χ4n) is 1.98. The summed E-state index contributed by atoms with van der Waals surface area (Å²) in [5.74, 6) is 4.80. The third-order valence-corrected chi connectivity index (χ3v) is 3.38. The van der Waals surface area contributed by atoms with Crippen LogP contribution in [0.1, 0.15) is 21.5 Å². The van der Waals surface area contributed by atoms with Gasteiger partial charge in [0.25, 0.3) is 5.91 Å². The van der Waals surface area contributed by atoms with Gasteiger partial charge in [-0.05, 0) is 48.5 Å². The third kappa shape index (κ3) is 5.09. The number of carbonyl (C=O) groups excluding carboxylic acids is 2. The van der Waals surface area contributed by atoms with Gasteiger partial charge < -0.3 is 20.9 Å². The number of ether oxygens (including phenoxy) is 1. The van der Waals surface area contributed by atoms with E-state index in [1.807, 2.05) is 12.1 Å². The highest BCUT2D eigenvalue weighted by atomic mass is 16.5. The Labute approximate surface area is 145 Å². The highest BCUT2D eigenvalue weighted by Gasteiger charge is 2.20. The van der Waals surface area contributed by atoms with Crippen LogP contribution in [0.5, 0.6) is 0 Å². The molecule has 25 heavy (non-hydrogen) atoms. The number of nitrogens with two attached hydrogens (primary N) is 1. The Morgan fingerprint density at radius 2 is 1.60 bits per heavy atom. The maximum Gasteiger partial charge on any atom is 0.330 e. The van der Waals surface area contributed by atoms with Gasteiger partial charge in [-0.25, -0.2) is 4.79 Å². The predicted octanol–water partition coefficient (Wildman–Crippen LogP) is 0.932. The second kappa shape index (κ2) is 8.52. The zero-order chi connectivity index (χ0) is 18.2. The van der Waals surface area contributed by atoms with Crippen LogP contribution >= 0.6 is 0 Å². The van der Waals surface area contributed by atoms with Crippen molar-refractivity contribution in [3.63, 3.8) is 0 Å². The van der Waals surface area contributed by atoms with Crippen LogP contribution in [0.4, 0.5) is 5.69 Å². The number of carbonyl (C=O) groups is 2. The molecule has 0 fully saturated rings. The highest BCUT2D eigenvalue weighted by molar-refractivity contribution is 5.96. The molecule has 0 saturated heterocycles. The minimum Gasteiger partial charge on any atom is -0.467 e. The number of anilines is 1. The molecule has 4 N–H and O–H groups in total. The van der Waals surface area contributed by atoms with E-state index in [9.17, 15) is 9.59 Å². The zero-order valence-electron chi connectivity index (χ0n) is 13.7. The van der Waals surface area contributed by atoms with Crippen molar-refractivity contribution in [3.8, 4) is 11.8 Å². The van der Waals surface area contributed by atoms with E-state index in [4.69, 9.17) is 10.8 Å². The molecule has 2 aromatic rings. The summed E-state index contributed by atoms with van der Waals surface area (Å²) in [5, 5.41) is 11.5. The SMILES string of the molecule is COC(=O)C(CO)NC(=O)c1ccc(C#Cc2ccc(N)cc2)cc1. The van der Waals surface area contributed by atoms with Gasteiger partial charge in [0.1, 0.15) is 0 Å². The number of hydrogen-bond acceptors (Lipinski definition) is 5. The van der Waals surface area contributed by atoms with E-state index in [1.165, 1.54) is 7.11 Å². The first-order valence-electron chi connectivity index (χ1n) is 7.50. The van der Waals surface area contributed by atoms with Gasteiger partial charge in [0, 0.05) is 22.4 Å². The van der Waals surface area contributed by atoms with E-state index in [2.05, 4.69) is 21.9 Å². The van der Waals surface area contributed by atoms with Crippen molar-refractivity contribution in [1.29, 1.82) is 0 Å². The lowest BCUT2D eigenvalue weighted by molar-refractivity contribution is -0.143.